The van der Waals surface area contributed by atoms with Crippen LogP contribution in [0.4, 0.5) is 0 Å². The van der Waals surface area contributed by atoms with E-state index in [1.54, 1.807) is 32.1 Å². The molecule has 8 unspecified atom stereocenters. The summed E-state index contributed by atoms with van der Waals surface area (Å²) < 4.78 is 0. The van der Waals surface area contributed by atoms with E-state index in [1.165, 1.54) is 57.8 Å². The first kappa shape index (κ1) is 26.5. The summed E-state index contributed by atoms with van der Waals surface area (Å²) in [7, 11) is 0. The SMILES string of the molecule is CC1(C)C(C2=CC[CH-]CC2)CCC2(C)C3CCC4C5CCC[C-]5CCC4C3CCC12.[V].[Y]. The van der Waals surface area contributed by atoms with Crippen LogP contribution in [0.5, 0.6) is 0 Å². The zero-order chi connectivity index (χ0) is 20.5. The Morgan fingerprint density at radius 3 is 2.50 bits per heavy atom. The third-order valence-corrected chi connectivity index (χ3v) is 12.1. The Labute approximate surface area is 236 Å². The van der Waals surface area contributed by atoms with Crippen molar-refractivity contribution in [1.29, 1.82) is 0 Å². The first-order valence-electron chi connectivity index (χ1n) is 13.9. The Bertz CT molecular complexity index is 697. The molecule has 6 aliphatic carbocycles. The zero-order valence-electron chi connectivity index (χ0n) is 21.1. The van der Waals surface area contributed by atoms with E-state index in [-0.39, 0.29) is 51.3 Å². The van der Waals surface area contributed by atoms with Crippen LogP contribution in [0, 0.1) is 64.6 Å². The van der Waals surface area contributed by atoms with Crippen LogP contribution >= 0.6 is 0 Å². The van der Waals surface area contributed by atoms with Gasteiger partial charge in [0.1, 0.15) is 0 Å². The van der Waals surface area contributed by atoms with Crippen molar-refractivity contribution in [2.75, 3.05) is 0 Å². The molecule has 8 atom stereocenters. The number of hydrogen-bond acceptors (Lipinski definition) is 0. The van der Waals surface area contributed by atoms with Crippen molar-refractivity contribution in [3.05, 3.63) is 24.0 Å². The normalized spacial score (nSPS) is 47.5. The molecule has 0 N–H and O–H groups in total. The minimum Gasteiger partial charge on any atom is -0.325 e. The van der Waals surface area contributed by atoms with Gasteiger partial charge in [0.2, 0.25) is 0 Å². The fraction of sp³-hybridized carbons (Fsp3) is 0.867. The summed E-state index contributed by atoms with van der Waals surface area (Å²) in [4.78, 5) is 0. The summed E-state index contributed by atoms with van der Waals surface area (Å²) in [6.07, 6.45) is 25.9. The first-order chi connectivity index (χ1) is 14.5. The Morgan fingerprint density at radius 2 is 1.72 bits per heavy atom. The van der Waals surface area contributed by atoms with E-state index < -0.39 is 0 Å². The number of fused-ring (bicyclic) bond motifs is 7. The second-order valence-electron chi connectivity index (χ2n) is 13.3. The van der Waals surface area contributed by atoms with Crippen LogP contribution in [-0.2, 0) is 51.3 Å². The summed E-state index contributed by atoms with van der Waals surface area (Å²) in [5, 5.41) is 0. The van der Waals surface area contributed by atoms with Gasteiger partial charge in [0, 0.05) is 51.3 Å². The van der Waals surface area contributed by atoms with E-state index in [2.05, 4.69) is 33.3 Å². The summed E-state index contributed by atoms with van der Waals surface area (Å²) in [6, 6.07) is 0. The maximum absolute atomic E-state index is 2.78. The molecule has 2 radical (unpaired) electrons. The minimum atomic E-state index is 0. The molecule has 0 aromatic carbocycles. The van der Waals surface area contributed by atoms with E-state index in [4.69, 9.17) is 0 Å². The molecule has 0 heterocycles. The van der Waals surface area contributed by atoms with Crippen molar-refractivity contribution < 1.29 is 51.3 Å². The van der Waals surface area contributed by atoms with Crippen molar-refractivity contribution in [3.8, 4) is 0 Å². The Hall–Kier alpha value is 1.43. The van der Waals surface area contributed by atoms with E-state index in [1.807, 2.05) is 11.5 Å². The molecule has 0 amide bonds. The van der Waals surface area contributed by atoms with Gasteiger partial charge in [-0.05, 0) is 72.5 Å². The third-order valence-electron chi connectivity index (χ3n) is 12.1. The van der Waals surface area contributed by atoms with Gasteiger partial charge >= 0.3 is 0 Å². The van der Waals surface area contributed by atoms with Crippen molar-refractivity contribution in [3.63, 3.8) is 0 Å². The molecule has 0 saturated heterocycles. The van der Waals surface area contributed by atoms with Gasteiger partial charge in [0.05, 0.1) is 0 Å². The predicted molar refractivity (Wildman–Crippen MR) is 127 cm³/mol. The number of allylic oxidation sites excluding steroid dienone is 2. The average Bonchev–Trinajstić information content (AvgIpc) is 3.23. The Kier molecular flexibility index (Phi) is 8.33. The molecule has 6 aliphatic rings. The van der Waals surface area contributed by atoms with Gasteiger partial charge in [0.25, 0.3) is 0 Å². The van der Waals surface area contributed by atoms with E-state index in [9.17, 15) is 0 Å². The monoisotopic (exact) mass is 546 g/mol. The predicted octanol–water partition coefficient (Wildman–Crippen LogP) is 8.58. The molecule has 0 aromatic heterocycles. The molecular weight excluding hydrogens is 500 g/mol. The third kappa shape index (κ3) is 4.08. The van der Waals surface area contributed by atoms with Gasteiger partial charge in [-0.3, -0.25) is 0 Å². The molecule has 176 valence electrons. The molecule has 0 aromatic rings. The number of hydrogen-bond donors (Lipinski definition) is 0. The standard InChI is InChI=1S/C30H46.V.Y/c1-29(2)26(21-8-5-4-6-9-21)18-19-30(3)27-16-14-23-22-11-7-10-20(22)12-13-24(23)25(27)15-17-28(29)30;;/h4,8,22-28H,5-7,9-19H2,1-3H3;;/q-2;;. The summed E-state index contributed by atoms with van der Waals surface area (Å²) in [5.41, 5.74) is 2.96. The van der Waals surface area contributed by atoms with Crippen molar-refractivity contribution >= 4 is 0 Å². The smallest absolute Gasteiger partial charge is 0 e. The van der Waals surface area contributed by atoms with Crippen LogP contribution in [0.15, 0.2) is 11.6 Å². The second kappa shape index (κ2) is 10.1. The summed E-state index contributed by atoms with van der Waals surface area (Å²) >= 11 is 0. The zero-order valence-corrected chi connectivity index (χ0v) is 25.4. The fourth-order valence-corrected chi connectivity index (χ4v) is 11.0. The van der Waals surface area contributed by atoms with Gasteiger partial charge < -0.3 is 12.3 Å². The van der Waals surface area contributed by atoms with Crippen molar-refractivity contribution in [1.82, 2.24) is 0 Å². The molecule has 32 heavy (non-hydrogen) atoms. The van der Waals surface area contributed by atoms with Crippen LogP contribution < -0.4 is 0 Å². The molecule has 5 fully saturated rings. The average molecular weight is 547 g/mol. The van der Waals surface area contributed by atoms with Crippen LogP contribution in [0.1, 0.15) is 111 Å². The Morgan fingerprint density at radius 1 is 0.906 bits per heavy atom. The van der Waals surface area contributed by atoms with Crippen LogP contribution in [0.25, 0.3) is 0 Å². The van der Waals surface area contributed by atoms with Crippen LogP contribution in [0.3, 0.4) is 0 Å². The van der Waals surface area contributed by atoms with Gasteiger partial charge in [0.15, 0.2) is 0 Å². The van der Waals surface area contributed by atoms with Gasteiger partial charge in [-0.2, -0.15) is 31.6 Å². The molecule has 5 saturated carbocycles. The van der Waals surface area contributed by atoms with E-state index in [0.717, 1.165) is 41.4 Å². The van der Waals surface area contributed by atoms with Gasteiger partial charge in [-0.25, -0.2) is 0 Å². The molecule has 0 nitrogen and oxygen atoms in total. The second-order valence-corrected chi connectivity index (χ2v) is 13.3. The van der Waals surface area contributed by atoms with E-state index >= 15 is 0 Å². The first-order valence-corrected chi connectivity index (χ1v) is 13.9. The summed E-state index contributed by atoms with van der Waals surface area (Å²) in [6.45, 7) is 8.15. The molecule has 2 heteroatoms. The Balaban J connectivity index is 0.00000122. The minimum absolute atomic E-state index is 0. The molecule has 0 aliphatic heterocycles. The quantitative estimate of drug-likeness (QED) is 0.228. The fourth-order valence-electron chi connectivity index (χ4n) is 11.0. The molecule has 0 spiro atoms. The number of rotatable bonds is 1. The van der Waals surface area contributed by atoms with Crippen molar-refractivity contribution in [2.45, 2.75) is 111 Å². The van der Waals surface area contributed by atoms with Crippen LogP contribution in [0.2, 0.25) is 0 Å². The molecular formula is C30H46VY-2. The summed E-state index contributed by atoms with van der Waals surface area (Å²) in [5.74, 6) is 9.16. The molecule has 0 bridgehead atoms. The topological polar surface area (TPSA) is 0 Å². The van der Waals surface area contributed by atoms with Gasteiger partial charge in [-0.1, -0.05) is 64.4 Å². The largest absolute Gasteiger partial charge is 0.325 e. The van der Waals surface area contributed by atoms with E-state index in [0.29, 0.717) is 10.8 Å². The molecule has 6 rings (SSSR count). The van der Waals surface area contributed by atoms with Crippen LogP contribution in [-0.4, -0.2) is 0 Å². The maximum Gasteiger partial charge on any atom is 0 e. The van der Waals surface area contributed by atoms with Crippen molar-refractivity contribution in [2.24, 2.45) is 52.3 Å². The maximum atomic E-state index is 2.78. The van der Waals surface area contributed by atoms with Gasteiger partial charge in [-0.15, -0.1) is 6.08 Å².